The first kappa shape index (κ1) is 13.7. The van der Waals surface area contributed by atoms with E-state index in [0.29, 0.717) is 5.56 Å². The maximum absolute atomic E-state index is 13.7. The molecule has 1 N–H and O–H groups in total. The van der Waals surface area contributed by atoms with E-state index in [0.717, 1.165) is 23.4 Å². The zero-order chi connectivity index (χ0) is 14.0. The van der Waals surface area contributed by atoms with E-state index in [4.69, 9.17) is 0 Å². The van der Waals surface area contributed by atoms with E-state index in [2.05, 4.69) is 16.5 Å². The standard InChI is InChI=1S/C15H20FN3/c1-10-5-6-12(8-14(10)16)15(17-3)9-13-7-11(2)18-19(13)4/h5-8,15,17H,9H2,1-4H3. The summed E-state index contributed by atoms with van der Waals surface area (Å²) >= 11 is 0. The molecule has 2 aromatic rings. The number of halogens is 1. The summed E-state index contributed by atoms with van der Waals surface area (Å²) in [5, 5.41) is 7.58. The number of rotatable bonds is 4. The summed E-state index contributed by atoms with van der Waals surface area (Å²) in [5.41, 5.74) is 3.78. The van der Waals surface area contributed by atoms with E-state index < -0.39 is 0 Å². The molecule has 2 rings (SSSR count). The Hall–Kier alpha value is -1.68. The zero-order valence-corrected chi connectivity index (χ0v) is 11.9. The van der Waals surface area contributed by atoms with Crippen LogP contribution < -0.4 is 5.32 Å². The molecule has 0 saturated heterocycles. The van der Waals surface area contributed by atoms with E-state index in [1.165, 1.54) is 0 Å². The first-order valence-electron chi connectivity index (χ1n) is 6.44. The Balaban J connectivity index is 2.24. The van der Waals surface area contributed by atoms with Crippen LogP contribution in [-0.2, 0) is 13.5 Å². The fourth-order valence-corrected chi connectivity index (χ4v) is 2.28. The van der Waals surface area contributed by atoms with Crippen molar-refractivity contribution in [3.8, 4) is 0 Å². The molecule has 0 amide bonds. The molecule has 3 nitrogen and oxygen atoms in total. The molecule has 1 aromatic carbocycles. The molecule has 19 heavy (non-hydrogen) atoms. The maximum Gasteiger partial charge on any atom is 0.126 e. The van der Waals surface area contributed by atoms with Crippen molar-refractivity contribution in [2.24, 2.45) is 7.05 Å². The molecule has 1 unspecified atom stereocenters. The third kappa shape index (κ3) is 3.01. The summed E-state index contributed by atoms with van der Waals surface area (Å²) in [4.78, 5) is 0. The Morgan fingerprint density at radius 1 is 1.32 bits per heavy atom. The Morgan fingerprint density at radius 2 is 2.05 bits per heavy atom. The van der Waals surface area contributed by atoms with Crippen LogP contribution >= 0.6 is 0 Å². The fourth-order valence-electron chi connectivity index (χ4n) is 2.28. The summed E-state index contributed by atoms with van der Waals surface area (Å²) in [7, 11) is 3.83. The van der Waals surface area contributed by atoms with Crippen LogP contribution in [0.2, 0.25) is 0 Å². The van der Waals surface area contributed by atoms with Gasteiger partial charge in [-0.05, 0) is 44.2 Å². The molecule has 0 saturated carbocycles. The minimum absolute atomic E-state index is 0.0879. The Bertz CT molecular complexity index is 575. The van der Waals surface area contributed by atoms with Crippen LogP contribution in [-0.4, -0.2) is 16.8 Å². The average Bonchev–Trinajstić information content (AvgIpc) is 2.68. The van der Waals surface area contributed by atoms with E-state index in [9.17, 15) is 4.39 Å². The minimum atomic E-state index is -0.154. The number of nitrogens with zero attached hydrogens (tertiary/aromatic N) is 2. The number of aryl methyl sites for hydroxylation is 3. The quantitative estimate of drug-likeness (QED) is 0.917. The van der Waals surface area contributed by atoms with Crippen LogP contribution in [0.15, 0.2) is 24.3 Å². The molecule has 0 bridgehead atoms. The van der Waals surface area contributed by atoms with Crippen LogP contribution in [0.5, 0.6) is 0 Å². The second-order valence-electron chi connectivity index (χ2n) is 4.95. The monoisotopic (exact) mass is 261 g/mol. The van der Waals surface area contributed by atoms with E-state index >= 15 is 0 Å². The van der Waals surface area contributed by atoms with E-state index in [1.54, 1.807) is 13.0 Å². The predicted molar refractivity (Wildman–Crippen MR) is 74.6 cm³/mol. The first-order valence-corrected chi connectivity index (χ1v) is 6.44. The van der Waals surface area contributed by atoms with Crippen LogP contribution in [0.25, 0.3) is 0 Å². The van der Waals surface area contributed by atoms with Gasteiger partial charge >= 0.3 is 0 Å². The van der Waals surface area contributed by atoms with Crippen LogP contribution in [0.4, 0.5) is 4.39 Å². The summed E-state index contributed by atoms with van der Waals surface area (Å²) in [5.74, 6) is -0.154. The number of likely N-dealkylation sites (N-methyl/N-ethyl adjacent to an activating group) is 1. The van der Waals surface area contributed by atoms with Gasteiger partial charge in [-0.2, -0.15) is 5.10 Å². The minimum Gasteiger partial charge on any atom is -0.313 e. The molecule has 0 aliphatic carbocycles. The van der Waals surface area contributed by atoms with Gasteiger partial charge < -0.3 is 5.32 Å². The number of hydrogen-bond donors (Lipinski definition) is 1. The van der Waals surface area contributed by atoms with Crippen LogP contribution in [0.1, 0.15) is 28.6 Å². The smallest absolute Gasteiger partial charge is 0.126 e. The van der Waals surface area contributed by atoms with Gasteiger partial charge in [0.1, 0.15) is 5.82 Å². The summed E-state index contributed by atoms with van der Waals surface area (Å²) in [6, 6.07) is 7.56. The summed E-state index contributed by atoms with van der Waals surface area (Å²) in [6.07, 6.45) is 0.788. The van der Waals surface area contributed by atoms with Gasteiger partial charge in [0, 0.05) is 25.2 Å². The molecule has 1 atom stereocenters. The molecule has 0 radical (unpaired) electrons. The SMILES string of the molecule is CNC(Cc1cc(C)nn1C)c1ccc(C)c(F)c1. The highest BCUT2D eigenvalue weighted by Gasteiger charge is 2.14. The molecule has 1 aromatic heterocycles. The third-order valence-electron chi connectivity index (χ3n) is 3.46. The molecular formula is C15H20FN3. The van der Waals surface area contributed by atoms with Crippen LogP contribution in [0.3, 0.4) is 0 Å². The van der Waals surface area contributed by atoms with Crippen molar-refractivity contribution in [1.29, 1.82) is 0 Å². The lowest BCUT2D eigenvalue weighted by Crippen LogP contribution is -2.20. The maximum atomic E-state index is 13.7. The van der Waals surface area contributed by atoms with Crippen molar-refractivity contribution in [2.75, 3.05) is 7.05 Å². The molecule has 4 heteroatoms. The van der Waals surface area contributed by atoms with Crippen LogP contribution in [0, 0.1) is 19.7 Å². The van der Waals surface area contributed by atoms with Gasteiger partial charge in [-0.3, -0.25) is 4.68 Å². The van der Waals surface area contributed by atoms with Crippen molar-refractivity contribution in [1.82, 2.24) is 15.1 Å². The van der Waals surface area contributed by atoms with Crippen molar-refractivity contribution in [3.63, 3.8) is 0 Å². The molecule has 0 spiro atoms. The van der Waals surface area contributed by atoms with Gasteiger partial charge in [-0.15, -0.1) is 0 Å². The van der Waals surface area contributed by atoms with Gasteiger partial charge in [0.05, 0.1) is 5.69 Å². The number of benzene rings is 1. The van der Waals surface area contributed by atoms with Gasteiger partial charge in [-0.1, -0.05) is 12.1 Å². The Kier molecular flexibility index (Phi) is 4.00. The van der Waals surface area contributed by atoms with E-state index in [1.807, 2.05) is 37.8 Å². The zero-order valence-electron chi connectivity index (χ0n) is 11.9. The summed E-state index contributed by atoms with van der Waals surface area (Å²) in [6.45, 7) is 3.75. The lowest BCUT2D eigenvalue weighted by molar-refractivity contribution is 0.552. The second-order valence-corrected chi connectivity index (χ2v) is 4.95. The van der Waals surface area contributed by atoms with Crippen molar-refractivity contribution in [2.45, 2.75) is 26.3 Å². The lowest BCUT2D eigenvalue weighted by Gasteiger charge is -2.17. The van der Waals surface area contributed by atoms with Gasteiger partial charge in [0.2, 0.25) is 0 Å². The van der Waals surface area contributed by atoms with Gasteiger partial charge in [0.25, 0.3) is 0 Å². The number of aromatic nitrogens is 2. The third-order valence-corrected chi connectivity index (χ3v) is 3.46. The van der Waals surface area contributed by atoms with Crippen molar-refractivity contribution in [3.05, 3.63) is 52.6 Å². The molecular weight excluding hydrogens is 241 g/mol. The highest BCUT2D eigenvalue weighted by molar-refractivity contribution is 5.27. The first-order chi connectivity index (χ1) is 9.01. The molecule has 0 aliphatic rings. The Morgan fingerprint density at radius 3 is 2.58 bits per heavy atom. The second kappa shape index (κ2) is 5.53. The van der Waals surface area contributed by atoms with Gasteiger partial charge in [-0.25, -0.2) is 4.39 Å². The molecule has 0 aliphatic heterocycles. The predicted octanol–water partition coefficient (Wildman–Crippen LogP) is 2.68. The number of hydrogen-bond acceptors (Lipinski definition) is 2. The highest BCUT2D eigenvalue weighted by Crippen LogP contribution is 2.20. The number of nitrogens with one attached hydrogen (secondary N) is 1. The van der Waals surface area contributed by atoms with E-state index in [-0.39, 0.29) is 11.9 Å². The summed E-state index contributed by atoms with van der Waals surface area (Å²) < 4.78 is 15.5. The Labute approximate surface area is 113 Å². The molecule has 1 heterocycles. The largest absolute Gasteiger partial charge is 0.313 e. The molecule has 102 valence electrons. The fraction of sp³-hybridized carbons (Fsp3) is 0.400. The van der Waals surface area contributed by atoms with Crippen molar-refractivity contribution >= 4 is 0 Å². The molecule has 0 fully saturated rings. The van der Waals surface area contributed by atoms with Gasteiger partial charge in [0.15, 0.2) is 0 Å². The highest BCUT2D eigenvalue weighted by atomic mass is 19.1. The average molecular weight is 261 g/mol. The topological polar surface area (TPSA) is 29.9 Å². The normalized spacial score (nSPS) is 12.7. The lowest BCUT2D eigenvalue weighted by atomic mass is 10.0. The van der Waals surface area contributed by atoms with Crippen molar-refractivity contribution < 1.29 is 4.39 Å².